The van der Waals surface area contributed by atoms with E-state index in [1.165, 1.54) is 0 Å². The Labute approximate surface area is 112 Å². The van der Waals surface area contributed by atoms with E-state index >= 15 is 0 Å². The zero-order chi connectivity index (χ0) is 14.0. The van der Waals surface area contributed by atoms with Crippen molar-refractivity contribution in [3.63, 3.8) is 0 Å². The van der Waals surface area contributed by atoms with Crippen molar-refractivity contribution in [2.75, 3.05) is 5.73 Å². The molecule has 0 aliphatic heterocycles. The van der Waals surface area contributed by atoms with Gasteiger partial charge in [0.15, 0.2) is 5.82 Å². The fraction of sp³-hybridized carbons (Fsp3) is 0.111. The quantitative estimate of drug-likeness (QED) is 0.813. The van der Waals surface area contributed by atoms with Gasteiger partial charge in [-0.05, 0) is 12.1 Å². The van der Waals surface area contributed by atoms with Crippen LogP contribution in [0.3, 0.4) is 0 Å². The topological polar surface area (TPSA) is 111 Å². The molecule has 3 N–H and O–H groups in total. The zero-order valence-corrected chi connectivity index (χ0v) is 10.9. The lowest BCUT2D eigenvalue weighted by atomic mass is 10.3. The van der Waals surface area contributed by atoms with Crippen molar-refractivity contribution in [1.29, 1.82) is 0 Å². The summed E-state index contributed by atoms with van der Waals surface area (Å²) in [4.78, 5) is 3.32. The maximum atomic E-state index is 13.1. The van der Waals surface area contributed by atoms with Crippen molar-refractivity contribution >= 4 is 27.3 Å². The number of nitrogens with one attached hydrogen (secondary N) is 1. The van der Waals surface area contributed by atoms with Crippen molar-refractivity contribution in [3.8, 4) is 0 Å². The molecular weight excluding hydrogens is 299 g/mol. The second-order valence-electron chi connectivity index (χ2n) is 3.48. The van der Waals surface area contributed by atoms with Gasteiger partial charge in [0.05, 0.1) is 17.3 Å². The minimum Gasteiger partial charge on any atom is -0.396 e. The molecular formula is C9H8ClFN4O3S. The molecule has 0 amide bonds. The largest absolute Gasteiger partial charge is 0.396 e. The van der Waals surface area contributed by atoms with Crippen LogP contribution in [0.25, 0.3) is 0 Å². The van der Waals surface area contributed by atoms with Crippen LogP contribution < -0.4 is 10.5 Å². The average Bonchev–Trinajstić information content (AvgIpc) is 2.84. The highest BCUT2D eigenvalue weighted by molar-refractivity contribution is 7.89. The van der Waals surface area contributed by atoms with Gasteiger partial charge in [-0.1, -0.05) is 16.8 Å². The van der Waals surface area contributed by atoms with Gasteiger partial charge in [0.25, 0.3) is 0 Å². The lowest BCUT2D eigenvalue weighted by Crippen LogP contribution is -2.24. The van der Waals surface area contributed by atoms with Gasteiger partial charge in [0.1, 0.15) is 10.7 Å². The maximum Gasteiger partial charge on any atom is 0.242 e. The van der Waals surface area contributed by atoms with E-state index in [0.29, 0.717) is 0 Å². The normalized spacial score (nSPS) is 11.7. The summed E-state index contributed by atoms with van der Waals surface area (Å²) < 4.78 is 43.6. The standard InChI is InChI=1S/C9H8ClFN4O3S/c10-5-1-6(11)7(12)2-8(5)19(16,17)14-3-9-13-4-18-15-9/h1-2,4,14H,3,12H2. The lowest BCUT2D eigenvalue weighted by molar-refractivity contribution is 0.409. The molecule has 19 heavy (non-hydrogen) atoms. The minimum absolute atomic E-state index is 0.148. The smallest absolute Gasteiger partial charge is 0.242 e. The van der Waals surface area contributed by atoms with Gasteiger partial charge in [-0.15, -0.1) is 0 Å². The molecule has 0 fully saturated rings. The highest BCUT2D eigenvalue weighted by Gasteiger charge is 2.20. The molecule has 2 rings (SSSR count). The molecule has 0 radical (unpaired) electrons. The van der Waals surface area contributed by atoms with E-state index < -0.39 is 15.8 Å². The third kappa shape index (κ3) is 3.00. The number of hydrogen-bond acceptors (Lipinski definition) is 6. The number of nitrogens with zero attached hydrogens (tertiary/aromatic N) is 2. The van der Waals surface area contributed by atoms with Crippen LogP contribution in [0.1, 0.15) is 5.82 Å². The summed E-state index contributed by atoms with van der Waals surface area (Å²) in [6.45, 7) is -0.188. The molecule has 0 unspecified atom stereocenters. The fourth-order valence-electron chi connectivity index (χ4n) is 1.26. The fourth-order valence-corrected chi connectivity index (χ4v) is 2.79. The summed E-state index contributed by atoms with van der Waals surface area (Å²) in [6, 6.07) is 1.77. The maximum absolute atomic E-state index is 13.1. The van der Waals surface area contributed by atoms with Crippen molar-refractivity contribution in [3.05, 3.63) is 35.2 Å². The predicted octanol–water partition coefficient (Wildman–Crippen LogP) is 0.923. The van der Waals surface area contributed by atoms with Gasteiger partial charge < -0.3 is 10.3 Å². The summed E-state index contributed by atoms with van der Waals surface area (Å²) in [6.07, 6.45) is 1.06. The molecule has 2 aromatic rings. The molecule has 0 aliphatic carbocycles. The Bertz CT molecular complexity index is 690. The number of aromatic nitrogens is 2. The molecule has 0 bridgehead atoms. The molecule has 0 saturated heterocycles. The third-order valence-electron chi connectivity index (χ3n) is 2.17. The molecule has 7 nitrogen and oxygen atoms in total. The van der Waals surface area contributed by atoms with E-state index in [1.807, 2.05) is 0 Å². The molecule has 1 aromatic carbocycles. The van der Waals surface area contributed by atoms with Crippen molar-refractivity contribution in [2.45, 2.75) is 11.4 Å². The van der Waals surface area contributed by atoms with Crippen LogP contribution in [0.15, 0.2) is 27.9 Å². The number of anilines is 1. The minimum atomic E-state index is -3.96. The van der Waals surface area contributed by atoms with E-state index in [0.717, 1.165) is 18.5 Å². The number of rotatable bonds is 4. The highest BCUT2D eigenvalue weighted by Crippen LogP contribution is 2.26. The van der Waals surface area contributed by atoms with Gasteiger partial charge in [0.2, 0.25) is 16.4 Å². The average molecular weight is 307 g/mol. The molecule has 0 atom stereocenters. The zero-order valence-electron chi connectivity index (χ0n) is 9.30. The van der Waals surface area contributed by atoms with Crippen LogP contribution >= 0.6 is 11.6 Å². The molecule has 1 aromatic heterocycles. The van der Waals surface area contributed by atoms with Crippen LogP contribution in [0.2, 0.25) is 5.02 Å². The highest BCUT2D eigenvalue weighted by atomic mass is 35.5. The second kappa shape index (κ2) is 5.11. The number of benzene rings is 1. The van der Waals surface area contributed by atoms with Crippen LogP contribution in [-0.4, -0.2) is 18.6 Å². The van der Waals surface area contributed by atoms with E-state index in [-0.39, 0.29) is 28.0 Å². The number of nitrogens with two attached hydrogens (primary N) is 1. The number of hydrogen-bond donors (Lipinski definition) is 2. The first-order chi connectivity index (χ1) is 8.90. The number of halogens is 2. The molecule has 1 heterocycles. The van der Waals surface area contributed by atoms with Crippen molar-refractivity contribution in [2.24, 2.45) is 0 Å². The first kappa shape index (κ1) is 13.7. The second-order valence-corrected chi connectivity index (χ2v) is 5.62. The van der Waals surface area contributed by atoms with Crippen LogP contribution in [0.4, 0.5) is 10.1 Å². The van der Waals surface area contributed by atoms with Gasteiger partial charge >= 0.3 is 0 Å². The first-order valence-corrected chi connectivity index (χ1v) is 6.75. The van der Waals surface area contributed by atoms with Crippen LogP contribution in [0.5, 0.6) is 0 Å². The number of sulfonamides is 1. The Hall–Kier alpha value is -1.71. The Kier molecular flexibility index (Phi) is 3.69. The van der Waals surface area contributed by atoms with Gasteiger partial charge in [-0.25, -0.2) is 17.5 Å². The Morgan fingerprint density at radius 2 is 2.21 bits per heavy atom. The van der Waals surface area contributed by atoms with E-state index in [2.05, 4.69) is 19.4 Å². The number of nitrogen functional groups attached to an aromatic ring is 1. The van der Waals surface area contributed by atoms with Gasteiger partial charge in [0, 0.05) is 0 Å². The molecule has 0 saturated carbocycles. The third-order valence-corrected chi connectivity index (χ3v) is 4.03. The van der Waals surface area contributed by atoms with Crippen LogP contribution in [0, 0.1) is 5.82 Å². The summed E-state index contributed by atoms with van der Waals surface area (Å²) in [7, 11) is -3.96. The summed E-state index contributed by atoms with van der Waals surface area (Å²) >= 11 is 5.68. The molecule has 102 valence electrons. The summed E-state index contributed by atoms with van der Waals surface area (Å²) in [5, 5.41) is 3.17. The SMILES string of the molecule is Nc1cc(S(=O)(=O)NCc2ncon2)c(Cl)cc1F. The van der Waals surface area contributed by atoms with Gasteiger partial charge in [-0.2, -0.15) is 4.98 Å². The summed E-state index contributed by atoms with van der Waals surface area (Å²) in [5.74, 6) is -0.642. The van der Waals surface area contributed by atoms with Gasteiger partial charge in [-0.3, -0.25) is 0 Å². The Morgan fingerprint density at radius 1 is 1.47 bits per heavy atom. The van der Waals surface area contributed by atoms with Crippen molar-refractivity contribution < 1.29 is 17.3 Å². The van der Waals surface area contributed by atoms with E-state index in [9.17, 15) is 12.8 Å². The predicted molar refractivity (Wildman–Crippen MR) is 64.1 cm³/mol. The Morgan fingerprint density at radius 3 is 2.84 bits per heavy atom. The molecule has 10 heteroatoms. The lowest BCUT2D eigenvalue weighted by Gasteiger charge is -2.08. The van der Waals surface area contributed by atoms with E-state index in [1.54, 1.807) is 0 Å². The van der Waals surface area contributed by atoms with Crippen LogP contribution in [-0.2, 0) is 16.6 Å². The summed E-state index contributed by atoms with van der Waals surface area (Å²) in [5.41, 5.74) is 5.00. The first-order valence-electron chi connectivity index (χ1n) is 4.89. The Balaban J connectivity index is 2.27. The monoisotopic (exact) mass is 306 g/mol. The molecule has 0 spiro atoms. The van der Waals surface area contributed by atoms with Crippen molar-refractivity contribution in [1.82, 2.24) is 14.9 Å². The molecule has 0 aliphatic rings. The van der Waals surface area contributed by atoms with E-state index in [4.69, 9.17) is 17.3 Å².